The van der Waals surface area contributed by atoms with E-state index in [1.807, 2.05) is 0 Å². The third-order valence-electron chi connectivity index (χ3n) is 3.77. The Kier molecular flexibility index (Phi) is 4.62. The van der Waals surface area contributed by atoms with Gasteiger partial charge in [0, 0.05) is 15.7 Å². The van der Waals surface area contributed by atoms with Crippen molar-refractivity contribution in [2.24, 2.45) is 0 Å². The zero-order valence-electron chi connectivity index (χ0n) is 13.7. The smallest absolute Gasteiger partial charge is 0.271 e. The summed E-state index contributed by atoms with van der Waals surface area (Å²) >= 11 is 11.9. The molecule has 1 aliphatic heterocycles. The summed E-state index contributed by atoms with van der Waals surface area (Å²) in [5.41, 5.74) is 0.00486. The van der Waals surface area contributed by atoms with Crippen molar-refractivity contribution < 1.29 is 14.3 Å². The fourth-order valence-corrected chi connectivity index (χ4v) is 2.87. The monoisotopic (exact) mass is 378 g/mol. The Balaban J connectivity index is 1.85. The van der Waals surface area contributed by atoms with Crippen LogP contribution in [0, 0.1) is 0 Å². The van der Waals surface area contributed by atoms with Crippen molar-refractivity contribution in [1.29, 1.82) is 0 Å². The van der Waals surface area contributed by atoms with E-state index in [-0.39, 0.29) is 18.4 Å². The van der Waals surface area contributed by atoms with Gasteiger partial charge in [-0.15, -0.1) is 0 Å². The van der Waals surface area contributed by atoms with Crippen LogP contribution in [0.15, 0.2) is 42.5 Å². The van der Waals surface area contributed by atoms with Gasteiger partial charge in [0.1, 0.15) is 12.3 Å². The molecule has 0 unspecified atom stereocenters. The third kappa shape index (κ3) is 3.72. The van der Waals surface area contributed by atoms with E-state index in [1.165, 1.54) is 4.90 Å². The summed E-state index contributed by atoms with van der Waals surface area (Å²) in [6, 6.07) is 11.7. The average Bonchev–Trinajstić information content (AvgIpc) is 2.55. The van der Waals surface area contributed by atoms with Gasteiger partial charge in [-0.3, -0.25) is 14.5 Å². The second kappa shape index (κ2) is 6.58. The molecule has 7 heteroatoms. The molecule has 0 saturated carbocycles. The number of amides is 2. The summed E-state index contributed by atoms with van der Waals surface area (Å²) in [6.07, 6.45) is 0. The van der Waals surface area contributed by atoms with Crippen LogP contribution in [-0.4, -0.2) is 24.0 Å². The lowest BCUT2D eigenvalue weighted by Crippen LogP contribution is -2.54. The lowest BCUT2D eigenvalue weighted by molar-refractivity contribution is -0.133. The predicted octanol–water partition coefficient (Wildman–Crippen LogP) is 4.14. The van der Waals surface area contributed by atoms with Crippen molar-refractivity contribution in [2.75, 3.05) is 16.8 Å². The van der Waals surface area contributed by atoms with Crippen molar-refractivity contribution in [1.82, 2.24) is 0 Å². The average molecular weight is 379 g/mol. The largest absolute Gasteiger partial charge is 0.476 e. The van der Waals surface area contributed by atoms with Gasteiger partial charge >= 0.3 is 0 Å². The minimum absolute atomic E-state index is 0.151. The maximum atomic E-state index is 12.7. The van der Waals surface area contributed by atoms with Crippen LogP contribution in [0.2, 0.25) is 10.0 Å². The van der Waals surface area contributed by atoms with Crippen LogP contribution in [0.1, 0.15) is 13.8 Å². The van der Waals surface area contributed by atoms with Crippen molar-refractivity contribution in [2.45, 2.75) is 19.4 Å². The van der Waals surface area contributed by atoms with Crippen LogP contribution >= 0.6 is 23.2 Å². The van der Waals surface area contributed by atoms with Gasteiger partial charge < -0.3 is 10.1 Å². The molecule has 0 saturated heterocycles. The van der Waals surface area contributed by atoms with Crippen LogP contribution in [0.3, 0.4) is 0 Å². The summed E-state index contributed by atoms with van der Waals surface area (Å²) < 4.78 is 5.73. The molecule has 0 atom stereocenters. The van der Waals surface area contributed by atoms with Gasteiger partial charge in [-0.05, 0) is 56.3 Å². The van der Waals surface area contributed by atoms with Crippen LogP contribution in [0.25, 0.3) is 0 Å². The van der Waals surface area contributed by atoms with Crippen molar-refractivity contribution in [3.8, 4) is 5.75 Å². The van der Waals surface area contributed by atoms with E-state index >= 15 is 0 Å². The number of fused-ring (bicyclic) bond motifs is 1. The first-order chi connectivity index (χ1) is 11.8. The number of benzene rings is 2. The predicted molar refractivity (Wildman–Crippen MR) is 98.6 cm³/mol. The van der Waals surface area contributed by atoms with Gasteiger partial charge in [0.15, 0.2) is 5.60 Å². The molecule has 2 aromatic carbocycles. The van der Waals surface area contributed by atoms with Crippen LogP contribution in [-0.2, 0) is 9.59 Å². The lowest BCUT2D eigenvalue weighted by atomic mass is 10.0. The molecule has 0 aromatic heterocycles. The molecule has 0 bridgehead atoms. The molecule has 0 fully saturated rings. The molecule has 0 radical (unpaired) electrons. The van der Waals surface area contributed by atoms with E-state index in [0.29, 0.717) is 27.2 Å². The van der Waals surface area contributed by atoms with Crippen molar-refractivity contribution >= 4 is 46.4 Å². The van der Waals surface area contributed by atoms with Crippen LogP contribution < -0.4 is 15.0 Å². The van der Waals surface area contributed by atoms with Crippen LogP contribution in [0.4, 0.5) is 11.4 Å². The fourth-order valence-electron chi connectivity index (χ4n) is 2.58. The number of carbonyl (C=O) groups is 2. The van der Waals surface area contributed by atoms with Crippen molar-refractivity contribution in [3.05, 3.63) is 52.5 Å². The van der Waals surface area contributed by atoms with E-state index in [1.54, 1.807) is 56.3 Å². The summed E-state index contributed by atoms with van der Waals surface area (Å²) in [5.74, 6) is -0.138. The number of hydrogen-bond acceptors (Lipinski definition) is 3. The first-order valence-corrected chi connectivity index (χ1v) is 8.38. The molecule has 2 amide bonds. The van der Waals surface area contributed by atoms with Gasteiger partial charge in [-0.25, -0.2) is 0 Å². The normalized spacial score (nSPS) is 15.4. The molecular formula is C18H16Cl2N2O3. The minimum Gasteiger partial charge on any atom is -0.476 e. The van der Waals surface area contributed by atoms with Gasteiger partial charge in [0.2, 0.25) is 5.91 Å². The molecule has 0 aliphatic carbocycles. The molecule has 130 valence electrons. The first-order valence-electron chi connectivity index (χ1n) is 7.62. The Labute approximate surface area is 155 Å². The highest BCUT2D eigenvalue weighted by molar-refractivity contribution is 6.31. The zero-order chi connectivity index (χ0) is 18.2. The Morgan fingerprint density at radius 2 is 1.76 bits per heavy atom. The molecule has 1 aliphatic rings. The highest BCUT2D eigenvalue weighted by Crippen LogP contribution is 2.39. The molecule has 0 spiro atoms. The fraction of sp³-hybridized carbons (Fsp3) is 0.222. The summed E-state index contributed by atoms with van der Waals surface area (Å²) in [5, 5.41) is 3.78. The van der Waals surface area contributed by atoms with Gasteiger partial charge in [0.05, 0.1) is 5.69 Å². The summed E-state index contributed by atoms with van der Waals surface area (Å²) in [7, 11) is 0. The van der Waals surface area contributed by atoms with E-state index < -0.39 is 5.60 Å². The SMILES string of the molecule is CC1(C)Oc2ccc(Cl)cc2N(CC(=O)Nc2ccc(Cl)cc2)C1=O. The second-order valence-electron chi connectivity index (χ2n) is 6.17. The molecule has 3 rings (SSSR count). The number of carbonyl (C=O) groups excluding carboxylic acids is 2. The first kappa shape index (κ1) is 17.6. The minimum atomic E-state index is -1.07. The third-order valence-corrected chi connectivity index (χ3v) is 4.25. The van der Waals surface area contributed by atoms with Gasteiger partial charge in [-0.2, -0.15) is 0 Å². The topological polar surface area (TPSA) is 58.6 Å². The number of nitrogens with one attached hydrogen (secondary N) is 1. The Morgan fingerprint density at radius 1 is 1.12 bits per heavy atom. The molecule has 25 heavy (non-hydrogen) atoms. The molecule has 5 nitrogen and oxygen atoms in total. The summed E-state index contributed by atoms with van der Waals surface area (Å²) in [6.45, 7) is 3.18. The molecule has 1 N–H and O–H groups in total. The zero-order valence-corrected chi connectivity index (χ0v) is 15.2. The number of anilines is 2. The number of halogens is 2. The molecule has 2 aromatic rings. The van der Waals surface area contributed by atoms with Crippen molar-refractivity contribution in [3.63, 3.8) is 0 Å². The van der Waals surface area contributed by atoms with E-state index in [0.717, 1.165) is 0 Å². The molecular weight excluding hydrogens is 363 g/mol. The second-order valence-corrected chi connectivity index (χ2v) is 7.04. The highest BCUT2D eigenvalue weighted by Gasteiger charge is 2.41. The maximum Gasteiger partial charge on any atom is 0.271 e. The van der Waals surface area contributed by atoms with E-state index in [9.17, 15) is 9.59 Å². The van der Waals surface area contributed by atoms with Gasteiger partial charge in [0.25, 0.3) is 5.91 Å². The standard InChI is InChI=1S/C18H16Cl2N2O3/c1-18(2)17(24)22(14-9-12(20)5-8-15(14)25-18)10-16(23)21-13-6-3-11(19)4-7-13/h3-9H,10H2,1-2H3,(H,21,23). The Hall–Kier alpha value is -2.24. The highest BCUT2D eigenvalue weighted by atomic mass is 35.5. The Morgan fingerprint density at radius 3 is 2.44 bits per heavy atom. The lowest BCUT2D eigenvalue weighted by Gasteiger charge is -2.38. The van der Waals surface area contributed by atoms with E-state index in [2.05, 4.69) is 5.32 Å². The number of nitrogens with zero attached hydrogens (tertiary/aromatic N) is 1. The quantitative estimate of drug-likeness (QED) is 0.872. The van der Waals surface area contributed by atoms with Gasteiger partial charge in [-0.1, -0.05) is 23.2 Å². The Bertz CT molecular complexity index is 835. The summed E-state index contributed by atoms with van der Waals surface area (Å²) in [4.78, 5) is 26.5. The van der Waals surface area contributed by atoms with E-state index in [4.69, 9.17) is 27.9 Å². The molecule has 1 heterocycles. The number of hydrogen-bond donors (Lipinski definition) is 1. The van der Waals surface area contributed by atoms with Crippen LogP contribution in [0.5, 0.6) is 5.75 Å². The number of ether oxygens (including phenoxy) is 1. The maximum absolute atomic E-state index is 12.7. The number of rotatable bonds is 3.